The molecule has 4 fully saturated rings. The minimum atomic E-state index is -0.552. The molecule has 0 aromatic heterocycles. The molecular formula is C32H47NO4. The van der Waals surface area contributed by atoms with Gasteiger partial charge in [0.1, 0.15) is 11.5 Å². The summed E-state index contributed by atoms with van der Waals surface area (Å²) in [5, 5.41) is 11.0. The Morgan fingerprint density at radius 2 is 1.68 bits per heavy atom. The van der Waals surface area contributed by atoms with E-state index >= 15 is 0 Å². The highest BCUT2D eigenvalue weighted by Crippen LogP contribution is 2.76. The number of hydrogen-bond donors (Lipinski definition) is 1. The van der Waals surface area contributed by atoms with E-state index < -0.39 is 10.8 Å². The largest absolute Gasteiger partial charge is 0.523 e. The van der Waals surface area contributed by atoms with Gasteiger partial charge in [0.05, 0.1) is 19.1 Å². The summed E-state index contributed by atoms with van der Waals surface area (Å²) in [7, 11) is 1.51. The van der Waals surface area contributed by atoms with Gasteiger partial charge in [0, 0.05) is 17.8 Å². The SMILES string of the molecule is [C-]#[N+]C1=C(O)C(C)(C)[C@@H]2CC[C@]3(C)[C@H](CC(=O)[C@@H]4[C@@H]5[C@@H](C)[C@H](C)CC[C@]5(C(=O)OC)CC[C@]43C)[C@@]2(C)C1. The third-order valence-corrected chi connectivity index (χ3v) is 13.7. The molecule has 5 heteroatoms. The number of Topliss-reactive ketones (excluding diaryl/α,β-unsaturated/α-hetero) is 1. The van der Waals surface area contributed by atoms with Gasteiger partial charge < -0.3 is 9.84 Å². The highest BCUT2D eigenvalue weighted by atomic mass is 16.5. The number of allylic oxidation sites excluding steroid dienone is 2. The van der Waals surface area contributed by atoms with Crippen molar-refractivity contribution in [3.8, 4) is 0 Å². The third-order valence-electron chi connectivity index (χ3n) is 13.7. The monoisotopic (exact) mass is 509 g/mol. The second kappa shape index (κ2) is 8.09. The summed E-state index contributed by atoms with van der Waals surface area (Å²) in [4.78, 5) is 31.7. The van der Waals surface area contributed by atoms with Crippen molar-refractivity contribution in [3.63, 3.8) is 0 Å². The number of carbonyl (C=O) groups excluding carboxylic acids is 2. The maximum atomic E-state index is 14.5. The van der Waals surface area contributed by atoms with Gasteiger partial charge in [0.2, 0.25) is 5.70 Å². The zero-order valence-corrected chi connectivity index (χ0v) is 24.2. The van der Waals surface area contributed by atoms with Crippen molar-refractivity contribution in [3.05, 3.63) is 22.9 Å². The normalized spacial score (nSPS) is 50.6. The minimum Gasteiger partial charge on any atom is -0.523 e. The molecule has 0 unspecified atom stereocenters. The number of carbonyl (C=O) groups is 2. The van der Waals surface area contributed by atoms with Crippen LogP contribution in [0, 0.1) is 69.2 Å². The van der Waals surface area contributed by atoms with Crippen molar-refractivity contribution in [2.75, 3.05) is 7.11 Å². The molecule has 4 saturated carbocycles. The molecule has 0 radical (unpaired) electrons. The van der Waals surface area contributed by atoms with Crippen LogP contribution < -0.4 is 0 Å². The summed E-state index contributed by atoms with van der Waals surface area (Å²) < 4.78 is 5.45. The number of methoxy groups -OCH3 is 1. The number of aliphatic hydroxyl groups is 1. The van der Waals surface area contributed by atoms with Gasteiger partial charge in [-0.2, -0.15) is 0 Å². The standard InChI is InChI=1S/C32H47NO4/c1-18-10-13-32(27(36)37-9)15-14-31(7)25(24(32)19(18)2)21(34)16-23-29(5)17-20(33-8)26(35)28(3,4)22(29)11-12-30(23,31)6/h18-19,22-25,35H,10-17H2,1-7,9H3/t18-,19+,22+,23-,24+,25-,29+,30-,31-,32+/m1/s1. The van der Waals surface area contributed by atoms with Crippen LogP contribution in [0.15, 0.2) is 11.5 Å². The molecule has 0 aromatic carbocycles. The van der Waals surface area contributed by atoms with E-state index in [1.54, 1.807) is 0 Å². The molecule has 204 valence electrons. The van der Waals surface area contributed by atoms with Crippen LogP contribution in [0.1, 0.15) is 99.8 Å². The number of fused-ring (bicyclic) bond motifs is 7. The van der Waals surface area contributed by atoms with Gasteiger partial charge in [-0.15, -0.1) is 0 Å². The van der Waals surface area contributed by atoms with E-state index in [-0.39, 0.29) is 57.6 Å². The number of aliphatic hydroxyl groups excluding tert-OH is 1. The van der Waals surface area contributed by atoms with Crippen molar-refractivity contribution < 1.29 is 19.4 Å². The van der Waals surface area contributed by atoms with Crippen molar-refractivity contribution in [2.45, 2.75) is 99.8 Å². The molecule has 0 aromatic rings. The van der Waals surface area contributed by atoms with Gasteiger partial charge >= 0.3 is 5.97 Å². The van der Waals surface area contributed by atoms with E-state index in [2.05, 4.69) is 53.3 Å². The van der Waals surface area contributed by atoms with Crippen molar-refractivity contribution >= 4 is 11.8 Å². The number of ketones is 1. The Morgan fingerprint density at radius 3 is 2.30 bits per heavy atom. The number of hydrogen-bond acceptors (Lipinski definition) is 4. The zero-order chi connectivity index (χ0) is 27.3. The van der Waals surface area contributed by atoms with E-state index in [0.29, 0.717) is 30.2 Å². The summed E-state index contributed by atoms with van der Waals surface area (Å²) in [6.45, 7) is 23.7. The van der Waals surface area contributed by atoms with E-state index in [1.165, 1.54) is 7.11 Å². The molecule has 5 rings (SSSR count). The van der Waals surface area contributed by atoms with Gasteiger partial charge in [-0.3, -0.25) is 9.59 Å². The lowest BCUT2D eigenvalue weighted by Gasteiger charge is -2.72. The van der Waals surface area contributed by atoms with Crippen LogP contribution in [-0.4, -0.2) is 24.0 Å². The van der Waals surface area contributed by atoms with Crippen LogP contribution in [0.2, 0.25) is 0 Å². The summed E-state index contributed by atoms with van der Waals surface area (Å²) in [5.41, 5.74) is -1.06. The van der Waals surface area contributed by atoms with E-state index in [0.717, 1.165) is 38.5 Å². The second-order valence-corrected chi connectivity index (χ2v) is 15.0. The predicted molar refractivity (Wildman–Crippen MR) is 143 cm³/mol. The molecule has 0 saturated heterocycles. The second-order valence-electron chi connectivity index (χ2n) is 15.0. The average molecular weight is 510 g/mol. The maximum Gasteiger partial charge on any atom is 0.312 e. The number of esters is 1. The van der Waals surface area contributed by atoms with Crippen LogP contribution in [-0.2, 0) is 14.3 Å². The van der Waals surface area contributed by atoms with Crippen molar-refractivity contribution in [1.82, 2.24) is 0 Å². The van der Waals surface area contributed by atoms with Gasteiger partial charge in [-0.1, -0.05) is 48.5 Å². The zero-order valence-electron chi connectivity index (χ0n) is 24.2. The Balaban J connectivity index is 1.64. The lowest BCUT2D eigenvalue weighted by Crippen LogP contribution is -2.69. The quantitative estimate of drug-likeness (QED) is 0.296. The fourth-order valence-corrected chi connectivity index (χ4v) is 11.4. The Kier molecular flexibility index (Phi) is 5.85. The molecular weight excluding hydrogens is 462 g/mol. The molecule has 0 amide bonds. The first-order valence-electron chi connectivity index (χ1n) is 14.6. The van der Waals surface area contributed by atoms with Crippen LogP contribution in [0.25, 0.3) is 4.85 Å². The molecule has 5 nitrogen and oxygen atoms in total. The molecule has 10 atom stereocenters. The van der Waals surface area contributed by atoms with Crippen LogP contribution >= 0.6 is 0 Å². The molecule has 37 heavy (non-hydrogen) atoms. The third kappa shape index (κ3) is 3.08. The van der Waals surface area contributed by atoms with Crippen LogP contribution in [0.3, 0.4) is 0 Å². The topological polar surface area (TPSA) is 68.0 Å². The Morgan fingerprint density at radius 1 is 1.00 bits per heavy atom. The predicted octanol–water partition coefficient (Wildman–Crippen LogP) is 7.37. The molecule has 0 heterocycles. The lowest BCUT2D eigenvalue weighted by molar-refractivity contribution is -0.237. The van der Waals surface area contributed by atoms with Gasteiger partial charge in [-0.05, 0) is 90.8 Å². The van der Waals surface area contributed by atoms with Crippen molar-refractivity contribution in [1.29, 1.82) is 0 Å². The summed E-state index contributed by atoms with van der Waals surface area (Å²) in [6.07, 6.45) is 6.56. The Labute approximate surface area is 223 Å². The highest BCUT2D eigenvalue weighted by Gasteiger charge is 2.73. The first-order chi connectivity index (χ1) is 17.2. The Hall–Kier alpha value is -1.83. The highest BCUT2D eigenvalue weighted by molar-refractivity contribution is 5.87. The fraction of sp³-hybridized carbons (Fsp3) is 0.844. The number of rotatable bonds is 1. The van der Waals surface area contributed by atoms with Gasteiger partial charge in [0.15, 0.2) is 0 Å². The van der Waals surface area contributed by atoms with E-state index in [9.17, 15) is 14.7 Å². The molecule has 5 aliphatic rings. The minimum absolute atomic E-state index is 0.0174. The first-order valence-corrected chi connectivity index (χ1v) is 14.6. The smallest absolute Gasteiger partial charge is 0.312 e. The van der Waals surface area contributed by atoms with Crippen LogP contribution in [0.4, 0.5) is 0 Å². The number of ether oxygens (including phenoxy) is 1. The first kappa shape index (κ1) is 26.8. The Bertz CT molecular complexity index is 1100. The van der Waals surface area contributed by atoms with E-state index in [4.69, 9.17) is 11.3 Å². The molecule has 0 aliphatic heterocycles. The van der Waals surface area contributed by atoms with Gasteiger partial charge in [0.25, 0.3) is 0 Å². The van der Waals surface area contributed by atoms with Gasteiger partial charge in [-0.25, -0.2) is 4.85 Å². The average Bonchev–Trinajstić information content (AvgIpc) is 2.85. The molecule has 1 N–H and O–H groups in total. The summed E-state index contributed by atoms with van der Waals surface area (Å²) in [6, 6.07) is 0. The molecule has 0 spiro atoms. The number of nitrogens with zero attached hydrogens (tertiary/aromatic N) is 1. The fourth-order valence-electron chi connectivity index (χ4n) is 11.4. The summed E-state index contributed by atoms with van der Waals surface area (Å²) >= 11 is 0. The summed E-state index contributed by atoms with van der Waals surface area (Å²) in [5.74, 6) is 1.49. The maximum absolute atomic E-state index is 14.5. The van der Waals surface area contributed by atoms with Crippen molar-refractivity contribution in [2.24, 2.45) is 62.6 Å². The molecule has 0 bridgehead atoms. The van der Waals surface area contributed by atoms with E-state index in [1.807, 2.05) is 0 Å². The molecule has 5 aliphatic carbocycles. The lowest BCUT2D eigenvalue weighted by atomic mass is 9.31. The van der Waals surface area contributed by atoms with Crippen LogP contribution in [0.5, 0.6) is 0 Å².